The van der Waals surface area contributed by atoms with Crippen LogP contribution in [0.25, 0.3) is 0 Å². The molecule has 0 atom stereocenters. The molecule has 0 spiro atoms. The summed E-state index contributed by atoms with van der Waals surface area (Å²) in [5.74, 6) is 0. The predicted octanol–water partition coefficient (Wildman–Crippen LogP) is 2.26. The lowest BCUT2D eigenvalue weighted by Gasteiger charge is -2.15. The van der Waals surface area contributed by atoms with Gasteiger partial charge in [0.2, 0.25) is 0 Å². The van der Waals surface area contributed by atoms with Crippen LogP contribution in [0.5, 0.6) is 0 Å². The van der Waals surface area contributed by atoms with Gasteiger partial charge < -0.3 is 14.6 Å². The average Bonchev–Trinajstić information content (AvgIpc) is 2.94. The van der Waals surface area contributed by atoms with Crippen LogP contribution in [0.3, 0.4) is 0 Å². The number of methoxy groups -OCH3 is 1. The topological polar surface area (TPSA) is 43.3 Å². The van der Waals surface area contributed by atoms with Gasteiger partial charge in [0.05, 0.1) is 6.61 Å². The van der Waals surface area contributed by atoms with Gasteiger partial charge >= 0.3 is 0 Å². The van der Waals surface area contributed by atoms with E-state index < -0.39 is 0 Å². The molecule has 1 aromatic rings. The maximum atomic E-state index is 12.7. The van der Waals surface area contributed by atoms with Crippen molar-refractivity contribution in [1.82, 2.24) is 9.88 Å². The molecule has 4 nitrogen and oxygen atoms in total. The summed E-state index contributed by atoms with van der Waals surface area (Å²) in [6, 6.07) is 2.13. The molecule has 2 rings (SSSR count). The standard InChI is InChI=1S/C17H28N2O2/c1-3-4-5-10-19-16-8-6-7-14(16)12-15(17(19)20)13-18-9-11-21-2/h12,18H,3-11,13H2,1-2H3. The zero-order valence-corrected chi connectivity index (χ0v) is 13.4. The van der Waals surface area contributed by atoms with Gasteiger partial charge in [-0.25, -0.2) is 0 Å². The van der Waals surface area contributed by atoms with E-state index in [4.69, 9.17) is 4.74 Å². The van der Waals surface area contributed by atoms with Crippen molar-refractivity contribution >= 4 is 0 Å². The first-order valence-electron chi connectivity index (χ1n) is 8.22. The molecule has 4 heteroatoms. The second-order valence-corrected chi connectivity index (χ2v) is 5.83. The van der Waals surface area contributed by atoms with Crippen LogP contribution in [0.4, 0.5) is 0 Å². The molecule has 0 aliphatic heterocycles. The largest absolute Gasteiger partial charge is 0.383 e. The molecule has 1 N–H and O–H groups in total. The number of hydrogen-bond acceptors (Lipinski definition) is 3. The molecular weight excluding hydrogens is 264 g/mol. The average molecular weight is 292 g/mol. The molecule has 0 radical (unpaired) electrons. The number of nitrogens with one attached hydrogen (secondary N) is 1. The molecule has 1 aliphatic rings. The lowest BCUT2D eigenvalue weighted by Crippen LogP contribution is -2.30. The number of rotatable bonds is 9. The van der Waals surface area contributed by atoms with Gasteiger partial charge in [-0.1, -0.05) is 19.8 Å². The number of unbranched alkanes of at least 4 members (excludes halogenated alkanes) is 2. The van der Waals surface area contributed by atoms with Crippen molar-refractivity contribution in [1.29, 1.82) is 0 Å². The SMILES string of the molecule is CCCCCn1c2c(cc(CNCCOC)c1=O)CCC2. The summed E-state index contributed by atoms with van der Waals surface area (Å²) in [6.45, 7) is 5.17. The van der Waals surface area contributed by atoms with E-state index in [-0.39, 0.29) is 5.56 Å². The van der Waals surface area contributed by atoms with Crippen molar-refractivity contribution < 1.29 is 4.74 Å². The van der Waals surface area contributed by atoms with Crippen molar-refractivity contribution in [2.45, 2.75) is 58.5 Å². The van der Waals surface area contributed by atoms with Gasteiger partial charge in [-0.05, 0) is 37.3 Å². The summed E-state index contributed by atoms with van der Waals surface area (Å²) in [7, 11) is 1.69. The second-order valence-electron chi connectivity index (χ2n) is 5.83. The summed E-state index contributed by atoms with van der Waals surface area (Å²) >= 11 is 0. The summed E-state index contributed by atoms with van der Waals surface area (Å²) in [5.41, 5.74) is 3.78. The smallest absolute Gasteiger partial charge is 0.255 e. The van der Waals surface area contributed by atoms with Crippen molar-refractivity contribution in [3.05, 3.63) is 33.2 Å². The van der Waals surface area contributed by atoms with Gasteiger partial charge in [0.15, 0.2) is 0 Å². The van der Waals surface area contributed by atoms with Crippen LogP contribution in [0.15, 0.2) is 10.9 Å². The highest BCUT2D eigenvalue weighted by Crippen LogP contribution is 2.21. The number of aryl methyl sites for hydroxylation is 1. The van der Waals surface area contributed by atoms with Gasteiger partial charge in [0.25, 0.3) is 5.56 Å². The molecule has 1 heterocycles. The molecule has 0 amide bonds. The number of hydrogen-bond donors (Lipinski definition) is 1. The maximum absolute atomic E-state index is 12.7. The van der Waals surface area contributed by atoms with Gasteiger partial charge in [-0.2, -0.15) is 0 Å². The molecule has 0 aromatic carbocycles. The van der Waals surface area contributed by atoms with E-state index >= 15 is 0 Å². The first-order chi connectivity index (χ1) is 10.3. The van der Waals surface area contributed by atoms with Crippen LogP contribution in [-0.4, -0.2) is 24.8 Å². The van der Waals surface area contributed by atoms with E-state index in [9.17, 15) is 4.79 Å². The zero-order valence-electron chi connectivity index (χ0n) is 13.4. The van der Waals surface area contributed by atoms with Crippen LogP contribution < -0.4 is 10.9 Å². The zero-order chi connectivity index (χ0) is 15.1. The fraction of sp³-hybridized carbons (Fsp3) is 0.706. The first-order valence-corrected chi connectivity index (χ1v) is 8.22. The van der Waals surface area contributed by atoms with E-state index in [2.05, 4.69) is 18.3 Å². The highest BCUT2D eigenvalue weighted by atomic mass is 16.5. The van der Waals surface area contributed by atoms with Crippen molar-refractivity contribution in [2.24, 2.45) is 0 Å². The Hall–Kier alpha value is -1.13. The second kappa shape index (κ2) is 8.35. The highest BCUT2D eigenvalue weighted by molar-refractivity contribution is 5.30. The molecule has 0 unspecified atom stereocenters. The maximum Gasteiger partial charge on any atom is 0.255 e. The Balaban J connectivity index is 2.14. The van der Waals surface area contributed by atoms with E-state index in [1.54, 1.807) is 7.11 Å². The molecule has 0 bridgehead atoms. The fourth-order valence-electron chi connectivity index (χ4n) is 3.06. The monoisotopic (exact) mass is 292 g/mol. The van der Waals surface area contributed by atoms with Crippen LogP contribution in [0.2, 0.25) is 0 Å². The van der Waals surface area contributed by atoms with Crippen LogP contribution in [-0.2, 0) is 30.7 Å². The summed E-state index contributed by atoms with van der Waals surface area (Å²) < 4.78 is 7.07. The molecule has 21 heavy (non-hydrogen) atoms. The lowest BCUT2D eigenvalue weighted by atomic mass is 10.1. The Kier molecular flexibility index (Phi) is 6.46. The number of pyridine rings is 1. The predicted molar refractivity (Wildman–Crippen MR) is 85.8 cm³/mol. The van der Waals surface area contributed by atoms with E-state index in [1.165, 1.54) is 30.5 Å². The molecule has 1 aromatic heterocycles. The number of ether oxygens (including phenoxy) is 1. The van der Waals surface area contributed by atoms with Gasteiger partial charge in [-0.3, -0.25) is 4.79 Å². The minimum absolute atomic E-state index is 0.205. The third-order valence-electron chi connectivity index (χ3n) is 4.21. The molecule has 0 fully saturated rings. The van der Waals surface area contributed by atoms with Crippen LogP contribution in [0, 0.1) is 0 Å². The van der Waals surface area contributed by atoms with E-state index in [0.717, 1.165) is 37.9 Å². The van der Waals surface area contributed by atoms with Crippen LogP contribution in [0.1, 0.15) is 49.4 Å². The third-order valence-corrected chi connectivity index (χ3v) is 4.21. The Bertz CT molecular complexity index is 508. The lowest BCUT2D eigenvalue weighted by molar-refractivity contribution is 0.199. The molecule has 1 aliphatic carbocycles. The summed E-state index contributed by atoms with van der Waals surface area (Å²) in [4.78, 5) is 12.7. The van der Waals surface area contributed by atoms with E-state index in [0.29, 0.717) is 13.2 Å². The van der Waals surface area contributed by atoms with Crippen LogP contribution >= 0.6 is 0 Å². The molecule has 0 saturated heterocycles. The summed E-state index contributed by atoms with van der Waals surface area (Å²) in [5, 5.41) is 3.29. The third kappa shape index (κ3) is 4.17. The van der Waals surface area contributed by atoms with Gasteiger partial charge in [0.1, 0.15) is 0 Å². The minimum atomic E-state index is 0.205. The number of aromatic nitrogens is 1. The normalized spacial score (nSPS) is 13.6. The van der Waals surface area contributed by atoms with Gasteiger partial charge in [-0.15, -0.1) is 0 Å². The first kappa shape index (κ1) is 16.2. The minimum Gasteiger partial charge on any atom is -0.383 e. The molecule has 0 saturated carbocycles. The quantitative estimate of drug-likeness (QED) is 0.710. The van der Waals surface area contributed by atoms with Crippen molar-refractivity contribution in [3.8, 4) is 0 Å². The Labute approximate surface area is 127 Å². The molecule has 118 valence electrons. The number of nitrogens with zero attached hydrogens (tertiary/aromatic N) is 1. The van der Waals surface area contributed by atoms with Crippen molar-refractivity contribution in [3.63, 3.8) is 0 Å². The Morgan fingerprint density at radius 3 is 2.95 bits per heavy atom. The Morgan fingerprint density at radius 2 is 2.19 bits per heavy atom. The van der Waals surface area contributed by atoms with Crippen molar-refractivity contribution in [2.75, 3.05) is 20.3 Å². The van der Waals surface area contributed by atoms with E-state index in [1.807, 2.05) is 4.57 Å². The number of fused-ring (bicyclic) bond motifs is 1. The highest BCUT2D eigenvalue weighted by Gasteiger charge is 2.18. The molecular formula is C17H28N2O2. The van der Waals surface area contributed by atoms with Gasteiger partial charge in [0, 0.05) is 38.0 Å². The Morgan fingerprint density at radius 1 is 1.33 bits per heavy atom. The fourth-order valence-corrected chi connectivity index (χ4v) is 3.06. The summed E-state index contributed by atoms with van der Waals surface area (Å²) in [6.07, 6.45) is 6.85.